The Balaban J connectivity index is 2.00. The lowest BCUT2D eigenvalue weighted by Crippen LogP contribution is -2.14. The number of carbonyl (C=O) groups is 2. The molecule has 0 amide bonds. The van der Waals surface area contributed by atoms with Gasteiger partial charge in [0.25, 0.3) is 5.69 Å². The van der Waals surface area contributed by atoms with Crippen LogP contribution in [0.2, 0.25) is 0 Å². The van der Waals surface area contributed by atoms with Crippen molar-refractivity contribution in [3.05, 3.63) is 69.3 Å². The van der Waals surface area contributed by atoms with Crippen LogP contribution in [0.3, 0.4) is 0 Å². The van der Waals surface area contributed by atoms with Crippen molar-refractivity contribution in [2.24, 2.45) is 0 Å². The van der Waals surface area contributed by atoms with Crippen molar-refractivity contribution in [1.29, 1.82) is 0 Å². The number of benzene rings is 2. The molecule has 2 aromatic rings. The van der Waals surface area contributed by atoms with Crippen LogP contribution in [0.1, 0.15) is 33.2 Å². The summed E-state index contributed by atoms with van der Waals surface area (Å²) in [5.41, 5.74) is 0.708. The minimum absolute atomic E-state index is 0.122. The molecule has 2 aromatic carbocycles. The highest BCUT2D eigenvalue weighted by atomic mass is 16.6. The Morgan fingerprint density at radius 1 is 1.08 bits per heavy atom. The van der Waals surface area contributed by atoms with Gasteiger partial charge in [0, 0.05) is 17.2 Å². The van der Waals surface area contributed by atoms with Crippen molar-refractivity contribution in [2.75, 3.05) is 13.2 Å². The van der Waals surface area contributed by atoms with Crippen LogP contribution in [0.4, 0.5) is 5.69 Å². The average Bonchev–Trinajstić information content (AvgIpc) is 2.60. The first-order valence-electron chi connectivity index (χ1n) is 7.60. The third-order valence-electron chi connectivity index (χ3n) is 3.46. The first-order chi connectivity index (χ1) is 11.9. The Morgan fingerprint density at radius 2 is 1.72 bits per heavy atom. The van der Waals surface area contributed by atoms with Gasteiger partial charge in [-0.25, -0.2) is 4.79 Å². The molecular weight excluding hydrogens is 326 g/mol. The number of nitro groups is 1. The monoisotopic (exact) mass is 343 g/mol. The van der Waals surface area contributed by atoms with Crippen molar-refractivity contribution >= 4 is 17.4 Å². The first-order valence-corrected chi connectivity index (χ1v) is 7.60. The quantitative estimate of drug-likeness (QED) is 0.331. The van der Waals surface area contributed by atoms with E-state index in [9.17, 15) is 19.7 Å². The number of Topliss-reactive ketones (excluding diaryl/α,β-unsaturated/α-hetero) is 1. The minimum Gasteiger partial charge on any atom is -0.494 e. The largest absolute Gasteiger partial charge is 0.494 e. The summed E-state index contributed by atoms with van der Waals surface area (Å²) < 4.78 is 10.3. The Labute approximate surface area is 144 Å². The number of aryl methyl sites for hydroxylation is 1. The molecule has 25 heavy (non-hydrogen) atoms. The molecule has 0 bridgehead atoms. The number of ether oxygens (including phenoxy) is 2. The Morgan fingerprint density at radius 3 is 2.32 bits per heavy atom. The van der Waals surface area contributed by atoms with Gasteiger partial charge in [-0.15, -0.1) is 0 Å². The number of rotatable bonds is 7. The third-order valence-corrected chi connectivity index (χ3v) is 3.46. The van der Waals surface area contributed by atoms with Crippen LogP contribution < -0.4 is 4.74 Å². The van der Waals surface area contributed by atoms with E-state index in [4.69, 9.17) is 9.47 Å². The van der Waals surface area contributed by atoms with E-state index >= 15 is 0 Å². The molecule has 0 aliphatic heterocycles. The summed E-state index contributed by atoms with van der Waals surface area (Å²) in [6.07, 6.45) is 0. The zero-order valence-electron chi connectivity index (χ0n) is 13.9. The van der Waals surface area contributed by atoms with E-state index in [1.807, 2.05) is 6.92 Å². The molecule has 0 atom stereocenters. The summed E-state index contributed by atoms with van der Waals surface area (Å²) in [6, 6.07) is 10.5. The van der Waals surface area contributed by atoms with Gasteiger partial charge < -0.3 is 9.47 Å². The zero-order chi connectivity index (χ0) is 18.4. The number of carbonyl (C=O) groups excluding carboxylic acids is 2. The van der Waals surface area contributed by atoms with Crippen molar-refractivity contribution in [2.45, 2.75) is 13.8 Å². The van der Waals surface area contributed by atoms with Crippen molar-refractivity contribution in [3.63, 3.8) is 0 Å². The molecule has 7 nitrogen and oxygen atoms in total. The van der Waals surface area contributed by atoms with Gasteiger partial charge in [-0.3, -0.25) is 14.9 Å². The van der Waals surface area contributed by atoms with Gasteiger partial charge in [0.05, 0.1) is 17.1 Å². The zero-order valence-corrected chi connectivity index (χ0v) is 13.9. The molecule has 0 aromatic heterocycles. The molecule has 0 saturated heterocycles. The van der Waals surface area contributed by atoms with E-state index in [-0.39, 0.29) is 16.8 Å². The van der Waals surface area contributed by atoms with Crippen molar-refractivity contribution in [3.8, 4) is 5.75 Å². The Bertz CT molecular complexity index is 798. The number of ketones is 1. The van der Waals surface area contributed by atoms with Crippen molar-refractivity contribution < 1.29 is 24.0 Å². The molecule has 0 N–H and O–H groups in total. The predicted octanol–water partition coefficient (Wildman–Crippen LogP) is 3.34. The minimum atomic E-state index is -0.655. The average molecular weight is 343 g/mol. The Kier molecular flexibility index (Phi) is 5.84. The maximum absolute atomic E-state index is 12.1. The normalized spacial score (nSPS) is 10.2. The second-order valence-corrected chi connectivity index (χ2v) is 5.22. The highest BCUT2D eigenvalue weighted by molar-refractivity contribution is 5.99. The molecule has 2 rings (SSSR count). The second kappa shape index (κ2) is 8.05. The highest BCUT2D eigenvalue weighted by Gasteiger charge is 2.17. The number of hydrogen-bond acceptors (Lipinski definition) is 6. The molecule has 0 saturated carbocycles. The summed E-state index contributed by atoms with van der Waals surface area (Å²) in [5.74, 6) is -0.539. The lowest BCUT2D eigenvalue weighted by atomic mass is 10.1. The first kappa shape index (κ1) is 18.1. The molecule has 7 heteroatoms. The predicted molar refractivity (Wildman–Crippen MR) is 90.1 cm³/mol. The van der Waals surface area contributed by atoms with Gasteiger partial charge >= 0.3 is 5.97 Å². The smallest absolute Gasteiger partial charge is 0.338 e. The molecule has 0 unspecified atom stereocenters. The van der Waals surface area contributed by atoms with E-state index in [2.05, 4.69) is 0 Å². The van der Waals surface area contributed by atoms with Gasteiger partial charge in [-0.1, -0.05) is 12.1 Å². The summed E-state index contributed by atoms with van der Waals surface area (Å²) in [6.45, 7) is 3.45. The summed E-state index contributed by atoms with van der Waals surface area (Å²) in [7, 11) is 0. The number of nitrogens with zero attached hydrogens (tertiary/aromatic N) is 1. The van der Waals surface area contributed by atoms with Crippen LogP contribution in [0.5, 0.6) is 5.75 Å². The van der Waals surface area contributed by atoms with E-state index in [1.165, 1.54) is 30.3 Å². The fraction of sp³-hybridized carbons (Fsp3) is 0.222. The number of hydrogen-bond donors (Lipinski definition) is 0. The van der Waals surface area contributed by atoms with Crippen LogP contribution in [0.15, 0.2) is 42.5 Å². The second-order valence-electron chi connectivity index (χ2n) is 5.22. The summed E-state index contributed by atoms with van der Waals surface area (Å²) in [5, 5.41) is 10.9. The summed E-state index contributed by atoms with van der Waals surface area (Å²) in [4.78, 5) is 34.4. The van der Waals surface area contributed by atoms with E-state index in [0.29, 0.717) is 17.9 Å². The SMILES string of the molecule is CCOc1ccc(C(=O)OCC(=O)c2ccc(C)c([N+](=O)[O-])c2)cc1. The topological polar surface area (TPSA) is 95.7 Å². The highest BCUT2D eigenvalue weighted by Crippen LogP contribution is 2.20. The molecule has 0 radical (unpaired) electrons. The maximum atomic E-state index is 12.1. The fourth-order valence-corrected chi connectivity index (χ4v) is 2.13. The van der Waals surface area contributed by atoms with Crippen LogP contribution >= 0.6 is 0 Å². The number of esters is 1. The molecule has 130 valence electrons. The lowest BCUT2D eigenvalue weighted by Gasteiger charge is -2.06. The molecule has 0 heterocycles. The maximum Gasteiger partial charge on any atom is 0.338 e. The lowest BCUT2D eigenvalue weighted by molar-refractivity contribution is -0.385. The Hall–Kier alpha value is -3.22. The van der Waals surface area contributed by atoms with E-state index in [0.717, 1.165) is 0 Å². The van der Waals surface area contributed by atoms with E-state index in [1.54, 1.807) is 19.1 Å². The molecule has 0 fully saturated rings. The van der Waals surface area contributed by atoms with Gasteiger partial charge in [-0.2, -0.15) is 0 Å². The van der Waals surface area contributed by atoms with Crippen LogP contribution in [0.25, 0.3) is 0 Å². The van der Waals surface area contributed by atoms with Gasteiger partial charge in [0.1, 0.15) is 5.75 Å². The van der Waals surface area contributed by atoms with Gasteiger partial charge in [0.2, 0.25) is 5.78 Å². The number of nitro benzene ring substituents is 1. The van der Waals surface area contributed by atoms with Gasteiger partial charge in [0.15, 0.2) is 6.61 Å². The van der Waals surface area contributed by atoms with Crippen LogP contribution in [-0.2, 0) is 4.74 Å². The van der Waals surface area contributed by atoms with Crippen LogP contribution in [-0.4, -0.2) is 29.9 Å². The molecular formula is C18H17NO6. The fourth-order valence-electron chi connectivity index (χ4n) is 2.13. The van der Waals surface area contributed by atoms with Gasteiger partial charge in [-0.05, 0) is 38.1 Å². The van der Waals surface area contributed by atoms with E-state index < -0.39 is 23.3 Å². The van der Waals surface area contributed by atoms with Crippen LogP contribution in [0, 0.1) is 17.0 Å². The molecule has 0 spiro atoms. The standard InChI is InChI=1S/C18H17NO6/c1-3-24-15-8-6-13(7-9-15)18(21)25-11-17(20)14-5-4-12(2)16(10-14)19(22)23/h4-10H,3,11H2,1-2H3. The third kappa shape index (κ3) is 4.63. The van der Waals surface area contributed by atoms with Crippen molar-refractivity contribution in [1.82, 2.24) is 0 Å². The summed E-state index contributed by atoms with van der Waals surface area (Å²) >= 11 is 0. The molecule has 0 aliphatic carbocycles. The molecule has 0 aliphatic rings.